The number of carbonyl (C=O) groups is 5. The van der Waals surface area contributed by atoms with Crippen LogP contribution in [-0.2, 0) is 24.0 Å². The van der Waals surface area contributed by atoms with E-state index in [-0.39, 0.29) is 86.4 Å². The molecule has 1 atom stereocenters. The molecule has 0 aliphatic heterocycles. The molecule has 5 saturated carbocycles. The van der Waals surface area contributed by atoms with Gasteiger partial charge in [-0.2, -0.15) is 52.6 Å². The second-order valence-corrected chi connectivity index (χ2v) is 17.5. The van der Waals surface area contributed by atoms with E-state index >= 15 is 0 Å². The smallest absolute Gasteiger partial charge is 0.137 e. The summed E-state index contributed by atoms with van der Waals surface area (Å²) in [5.41, 5.74) is 3.95. The maximum Gasteiger partial charge on any atom is 0.137 e. The lowest BCUT2D eigenvalue weighted by Gasteiger charge is -2.30. The highest BCUT2D eigenvalue weighted by atomic mass is 16.1. The highest BCUT2D eigenvalue weighted by Crippen LogP contribution is 2.38. The van der Waals surface area contributed by atoms with Gasteiger partial charge in [-0.1, -0.05) is 34.6 Å². The van der Waals surface area contributed by atoms with Crippen molar-refractivity contribution >= 4 is 28.9 Å². The van der Waals surface area contributed by atoms with Crippen molar-refractivity contribution in [1.29, 1.82) is 52.6 Å². The molecule has 5 aliphatic rings. The molecule has 15 nitrogen and oxygen atoms in total. The SMILES string of the molecule is CC1(C)CC(=O)CC(=C(C#N)C#N)C1.CC1(C)CC(=O)CC(=C(C#N)C#N)C1.CC1CC(=O)CC(=C(C#N)C#N)C1.N#CC(C#N)=C1CCC(=O)C1.N#CC(C#N)=C1CCCC(=O)C1. The Hall–Kier alpha value is -8.05. The number of rotatable bonds is 0. The van der Waals surface area contributed by atoms with E-state index in [0.717, 1.165) is 18.4 Å². The minimum atomic E-state index is -0.108. The van der Waals surface area contributed by atoms with Crippen LogP contribution in [0.5, 0.6) is 0 Å². The molecular formula is C49H48N10O5. The first-order valence-electron chi connectivity index (χ1n) is 20.4. The average molecular weight is 857 g/mol. The summed E-state index contributed by atoms with van der Waals surface area (Å²) < 4.78 is 0. The summed E-state index contributed by atoms with van der Waals surface area (Å²) in [5, 5.41) is 85.9. The van der Waals surface area contributed by atoms with Crippen LogP contribution in [-0.4, -0.2) is 28.9 Å². The Morgan fingerprint density at radius 2 is 0.688 bits per heavy atom. The minimum Gasteiger partial charge on any atom is -0.299 e. The number of nitrogens with zero attached hydrogens (tertiary/aromatic N) is 10. The van der Waals surface area contributed by atoms with E-state index in [4.69, 9.17) is 52.6 Å². The molecule has 15 heteroatoms. The normalized spacial score (nSPS) is 18.9. The molecule has 0 N–H and O–H groups in total. The molecule has 0 saturated heterocycles. The van der Waals surface area contributed by atoms with Crippen molar-refractivity contribution in [3.05, 3.63) is 55.7 Å². The first kappa shape index (κ1) is 54.0. The molecule has 0 aromatic heterocycles. The van der Waals surface area contributed by atoms with Gasteiger partial charge in [0.1, 0.15) is 117 Å². The van der Waals surface area contributed by atoms with Gasteiger partial charge in [0.15, 0.2) is 0 Å². The molecule has 0 radical (unpaired) electrons. The van der Waals surface area contributed by atoms with Gasteiger partial charge in [-0.3, -0.25) is 24.0 Å². The van der Waals surface area contributed by atoms with Crippen LogP contribution in [0.25, 0.3) is 0 Å². The first-order valence-corrected chi connectivity index (χ1v) is 20.4. The van der Waals surface area contributed by atoms with Crippen molar-refractivity contribution in [2.45, 2.75) is 137 Å². The maximum absolute atomic E-state index is 11.4. The van der Waals surface area contributed by atoms with Crippen molar-refractivity contribution in [1.82, 2.24) is 0 Å². The highest BCUT2D eigenvalue weighted by Gasteiger charge is 2.32. The molecule has 0 aromatic carbocycles. The Kier molecular flexibility index (Phi) is 22.2. The van der Waals surface area contributed by atoms with E-state index in [0.29, 0.717) is 99.3 Å². The third-order valence-electron chi connectivity index (χ3n) is 10.5. The predicted octanol–water partition coefficient (Wildman–Crippen LogP) is 8.49. The monoisotopic (exact) mass is 856 g/mol. The molecule has 0 spiro atoms. The van der Waals surface area contributed by atoms with Crippen LogP contribution >= 0.6 is 0 Å². The van der Waals surface area contributed by atoms with Crippen LogP contribution in [0.4, 0.5) is 0 Å². The Morgan fingerprint density at radius 1 is 0.375 bits per heavy atom. The van der Waals surface area contributed by atoms with Gasteiger partial charge in [0.25, 0.3) is 0 Å². The standard InChI is InChI=1S/2C11H12N2O.C10H10N2O.C9H8N2O.C8H6N2O/c2*1-11(2)4-8(3-10(14)5-11)9(6-12)7-13;1-7-2-8(4-10(13)3-7)9(5-11)6-12;10-5-8(6-11)7-2-1-3-9(12)4-7;9-4-7(5-10)6-1-2-8(11)3-6/h2*3-5H2,1-2H3;7H,2-4H2,1H3;1-4H2;1-3H2. The number of nitriles is 10. The van der Waals surface area contributed by atoms with Gasteiger partial charge in [-0.15, -0.1) is 0 Å². The molecule has 5 aliphatic carbocycles. The number of carbonyl (C=O) groups excluding carboxylic acids is 5. The summed E-state index contributed by atoms with van der Waals surface area (Å²) in [6.45, 7) is 9.89. The van der Waals surface area contributed by atoms with Gasteiger partial charge in [0.05, 0.1) is 0 Å². The number of ketones is 5. The van der Waals surface area contributed by atoms with Gasteiger partial charge in [-0.25, -0.2) is 0 Å². The molecule has 5 rings (SSSR count). The lowest BCUT2D eigenvalue weighted by molar-refractivity contribution is -0.122. The summed E-state index contributed by atoms with van der Waals surface area (Å²) in [7, 11) is 0. The lowest BCUT2D eigenvalue weighted by atomic mass is 9.73. The van der Waals surface area contributed by atoms with Crippen LogP contribution in [0.1, 0.15) is 137 Å². The van der Waals surface area contributed by atoms with Crippen LogP contribution < -0.4 is 0 Å². The predicted molar refractivity (Wildman–Crippen MR) is 227 cm³/mol. The van der Waals surface area contributed by atoms with Crippen molar-refractivity contribution in [3.63, 3.8) is 0 Å². The molecule has 5 fully saturated rings. The molecule has 324 valence electrons. The van der Waals surface area contributed by atoms with Gasteiger partial charge >= 0.3 is 0 Å². The van der Waals surface area contributed by atoms with E-state index < -0.39 is 0 Å². The summed E-state index contributed by atoms with van der Waals surface area (Å²) in [6, 6.07) is 18.2. The van der Waals surface area contributed by atoms with Gasteiger partial charge < -0.3 is 0 Å². The van der Waals surface area contributed by atoms with E-state index in [9.17, 15) is 24.0 Å². The van der Waals surface area contributed by atoms with Crippen molar-refractivity contribution in [2.75, 3.05) is 0 Å². The number of allylic oxidation sites excluding steroid dienone is 10. The zero-order valence-corrected chi connectivity index (χ0v) is 36.9. The van der Waals surface area contributed by atoms with E-state index in [1.165, 1.54) is 0 Å². The van der Waals surface area contributed by atoms with Crippen molar-refractivity contribution in [3.8, 4) is 60.7 Å². The lowest BCUT2D eigenvalue weighted by Crippen LogP contribution is -2.24. The van der Waals surface area contributed by atoms with E-state index in [2.05, 4.69) is 0 Å². The fraction of sp³-hybridized carbons (Fsp3) is 0.490. The molecule has 64 heavy (non-hydrogen) atoms. The summed E-state index contributed by atoms with van der Waals surface area (Å²) in [4.78, 5) is 55.6. The zero-order chi connectivity index (χ0) is 48.6. The Balaban J connectivity index is 0.000000401. The quantitative estimate of drug-likeness (QED) is 0.206. The van der Waals surface area contributed by atoms with Crippen LogP contribution in [0.15, 0.2) is 55.7 Å². The minimum absolute atomic E-state index is 0.108. The van der Waals surface area contributed by atoms with E-state index in [1.807, 2.05) is 83.2 Å². The largest absolute Gasteiger partial charge is 0.299 e. The molecule has 0 aromatic rings. The molecule has 1 unspecified atom stereocenters. The topological polar surface area (TPSA) is 323 Å². The molecule has 0 heterocycles. The molecule has 0 amide bonds. The van der Waals surface area contributed by atoms with Gasteiger partial charge in [0.2, 0.25) is 0 Å². The Bertz CT molecular complexity index is 2370. The van der Waals surface area contributed by atoms with Crippen LogP contribution in [0.2, 0.25) is 0 Å². The van der Waals surface area contributed by atoms with Crippen molar-refractivity contribution < 1.29 is 24.0 Å². The summed E-state index contributed by atoms with van der Waals surface area (Å²) in [6.07, 6.45) is 8.35. The Labute approximate surface area is 375 Å². The van der Waals surface area contributed by atoms with Crippen LogP contribution in [0, 0.1) is 130 Å². The first-order chi connectivity index (χ1) is 30.2. The number of hydrogen-bond donors (Lipinski definition) is 0. The molecule has 0 bridgehead atoms. The fourth-order valence-corrected chi connectivity index (χ4v) is 7.84. The van der Waals surface area contributed by atoms with Crippen molar-refractivity contribution in [2.24, 2.45) is 16.7 Å². The van der Waals surface area contributed by atoms with Gasteiger partial charge in [0, 0.05) is 64.2 Å². The number of Topliss-reactive ketones (excluding diaryl/α,β-unsaturated/α-hetero) is 5. The van der Waals surface area contributed by atoms with Crippen LogP contribution in [0.3, 0.4) is 0 Å². The Morgan fingerprint density at radius 3 is 1.00 bits per heavy atom. The third-order valence-corrected chi connectivity index (χ3v) is 10.5. The molecular weight excluding hydrogens is 809 g/mol. The summed E-state index contributed by atoms with van der Waals surface area (Å²) >= 11 is 0. The second kappa shape index (κ2) is 26.3. The third kappa shape index (κ3) is 18.3. The maximum atomic E-state index is 11.4. The number of hydrogen-bond acceptors (Lipinski definition) is 15. The average Bonchev–Trinajstić information content (AvgIpc) is 3.65. The fourth-order valence-electron chi connectivity index (χ4n) is 7.84. The second-order valence-electron chi connectivity index (χ2n) is 17.5. The van der Waals surface area contributed by atoms with E-state index in [1.54, 1.807) is 12.1 Å². The van der Waals surface area contributed by atoms with Gasteiger partial charge in [-0.05, 0) is 83.1 Å². The summed E-state index contributed by atoms with van der Waals surface area (Å²) in [5.74, 6) is 0.922. The highest BCUT2D eigenvalue weighted by molar-refractivity contribution is 5.86. The zero-order valence-electron chi connectivity index (χ0n) is 36.9.